The zero-order chi connectivity index (χ0) is 24.1. The number of hydrogen-bond acceptors (Lipinski definition) is 8. The van der Waals surface area contributed by atoms with Gasteiger partial charge >= 0.3 is 0 Å². The van der Waals surface area contributed by atoms with E-state index < -0.39 is 15.9 Å². The molecule has 2 heterocycles. The number of amides is 1. The number of hydrogen-bond donors (Lipinski definition) is 1. The van der Waals surface area contributed by atoms with Crippen LogP contribution in [0.2, 0.25) is 0 Å². The smallest absolute Gasteiger partial charge is 0.265 e. The zero-order valence-electron chi connectivity index (χ0n) is 19.1. The molecule has 0 atom stereocenters. The number of oxime groups is 1. The number of rotatable bonds is 7. The maximum atomic E-state index is 12.9. The molecule has 0 radical (unpaired) electrons. The Kier molecular flexibility index (Phi) is 7.35. The molecule has 1 amide bonds. The van der Waals surface area contributed by atoms with Crippen LogP contribution in [0.4, 0.5) is 5.69 Å². The molecule has 2 aromatic rings. The second-order valence-corrected chi connectivity index (χ2v) is 9.79. The largest absolute Gasteiger partial charge is 0.486 e. The molecule has 10 nitrogen and oxygen atoms in total. The van der Waals surface area contributed by atoms with Gasteiger partial charge in [0.15, 0.2) is 18.1 Å². The number of carbonyl (C=O) groups excluding carboxylic acids is 1. The standard InChI is InChI=1S/C23H27N3O7S/c1-16-3-5-19(34(28,29)26-7-9-30-10-8-26)14-20(16)24-23(27)15-33-25-17(2)18-4-6-21-22(13-18)32-12-11-31-21/h3-6,13-14H,7-12,15H2,1-2H3,(H,24,27)/b25-17+. The topological polar surface area (TPSA) is 116 Å². The predicted molar refractivity (Wildman–Crippen MR) is 125 cm³/mol. The summed E-state index contributed by atoms with van der Waals surface area (Å²) in [6, 6.07) is 10.1. The zero-order valence-corrected chi connectivity index (χ0v) is 19.9. The van der Waals surface area contributed by atoms with Crippen molar-refractivity contribution in [2.75, 3.05) is 51.4 Å². The first-order valence-corrected chi connectivity index (χ1v) is 12.3. The van der Waals surface area contributed by atoms with Crippen LogP contribution in [0, 0.1) is 6.92 Å². The van der Waals surface area contributed by atoms with Crippen LogP contribution in [0.1, 0.15) is 18.1 Å². The molecule has 1 N–H and O–H groups in total. The van der Waals surface area contributed by atoms with Crippen molar-refractivity contribution < 1.29 is 32.3 Å². The van der Waals surface area contributed by atoms with E-state index >= 15 is 0 Å². The van der Waals surface area contributed by atoms with Gasteiger partial charge in [0.1, 0.15) is 13.2 Å². The van der Waals surface area contributed by atoms with Crippen molar-refractivity contribution in [3.63, 3.8) is 0 Å². The molecule has 0 spiro atoms. The Morgan fingerprint density at radius 3 is 2.56 bits per heavy atom. The second kappa shape index (κ2) is 10.4. The van der Waals surface area contributed by atoms with Gasteiger partial charge in [0.05, 0.1) is 23.8 Å². The monoisotopic (exact) mass is 489 g/mol. The molecule has 4 rings (SSSR count). The summed E-state index contributed by atoms with van der Waals surface area (Å²) >= 11 is 0. The van der Waals surface area contributed by atoms with Crippen LogP contribution in [0.25, 0.3) is 0 Å². The van der Waals surface area contributed by atoms with Gasteiger partial charge in [-0.2, -0.15) is 4.31 Å². The summed E-state index contributed by atoms with van der Waals surface area (Å²) in [6.45, 7) is 5.52. The van der Waals surface area contributed by atoms with Crippen molar-refractivity contribution >= 4 is 27.3 Å². The number of sulfonamides is 1. The van der Waals surface area contributed by atoms with E-state index in [0.717, 1.165) is 11.1 Å². The Labute approximate surface area is 198 Å². The molecule has 34 heavy (non-hydrogen) atoms. The van der Waals surface area contributed by atoms with E-state index in [-0.39, 0.29) is 11.5 Å². The molecule has 0 saturated carbocycles. The average molecular weight is 490 g/mol. The van der Waals surface area contributed by atoms with Crippen LogP contribution in [0.5, 0.6) is 11.5 Å². The maximum Gasteiger partial charge on any atom is 0.265 e. The van der Waals surface area contributed by atoms with Gasteiger partial charge in [0.2, 0.25) is 10.0 Å². The number of nitrogens with one attached hydrogen (secondary N) is 1. The van der Waals surface area contributed by atoms with Crippen molar-refractivity contribution in [3.8, 4) is 11.5 Å². The Balaban J connectivity index is 1.38. The minimum atomic E-state index is -3.67. The van der Waals surface area contributed by atoms with Gasteiger partial charge in [0, 0.05) is 24.3 Å². The van der Waals surface area contributed by atoms with Gasteiger partial charge in [-0.25, -0.2) is 8.42 Å². The van der Waals surface area contributed by atoms with Crippen molar-refractivity contribution in [1.29, 1.82) is 0 Å². The molecule has 0 unspecified atom stereocenters. The summed E-state index contributed by atoms with van der Waals surface area (Å²) in [5.74, 6) is 0.859. The SMILES string of the molecule is C/C(=N\OCC(=O)Nc1cc(S(=O)(=O)N2CCOCC2)ccc1C)c1ccc2c(c1)OCCO2. The lowest BCUT2D eigenvalue weighted by atomic mass is 10.1. The van der Waals surface area contributed by atoms with E-state index in [0.29, 0.717) is 62.4 Å². The highest BCUT2D eigenvalue weighted by atomic mass is 32.2. The minimum absolute atomic E-state index is 0.115. The fraction of sp³-hybridized carbons (Fsp3) is 0.391. The Bertz CT molecular complexity index is 1190. The van der Waals surface area contributed by atoms with Crippen molar-refractivity contribution in [2.24, 2.45) is 5.16 Å². The summed E-state index contributed by atoms with van der Waals surface area (Å²) in [7, 11) is -3.67. The molecule has 1 saturated heterocycles. The van der Waals surface area contributed by atoms with Crippen LogP contribution in [-0.2, 0) is 24.4 Å². The molecule has 0 aromatic heterocycles. The second-order valence-electron chi connectivity index (χ2n) is 7.85. The van der Waals surface area contributed by atoms with Crippen LogP contribution < -0.4 is 14.8 Å². The summed E-state index contributed by atoms with van der Waals surface area (Å²) < 4.78 is 43.5. The Hall–Kier alpha value is -3.15. The van der Waals surface area contributed by atoms with Crippen LogP contribution >= 0.6 is 0 Å². The summed E-state index contributed by atoms with van der Waals surface area (Å²) in [4.78, 5) is 17.8. The first-order chi connectivity index (χ1) is 16.3. The van der Waals surface area contributed by atoms with Crippen LogP contribution in [0.3, 0.4) is 0 Å². The van der Waals surface area contributed by atoms with Gasteiger partial charge in [0.25, 0.3) is 5.91 Å². The molecule has 1 fully saturated rings. The van der Waals surface area contributed by atoms with E-state index in [1.165, 1.54) is 16.4 Å². The molecule has 0 aliphatic carbocycles. The molecular formula is C23H27N3O7S. The van der Waals surface area contributed by atoms with E-state index in [1.807, 2.05) is 6.07 Å². The number of nitrogens with zero attached hydrogens (tertiary/aromatic N) is 2. The van der Waals surface area contributed by atoms with Gasteiger partial charge in [-0.1, -0.05) is 11.2 Å². The molecule has 2 aliphatic rings. The number of aryl methyl sites for hydroxylation is 1. The van der Waals surface area contributed by atoms with Gasteiger partial charge in [-0.05, 0) is 49.7 Å². The third-order valence-electron chi connectivity index (χ3n) is 5.45. The summed E-state index contributed by atoms with van der Waals surface area (Å²) in [6.07, 6.45) is 0. The molecule has 11 heteroatoms. The normalized spacial score (nSPS) is 16.7. The third-order valence-corrected chi connectivity index (χ3v) is 7.34. The highest BCUT2D eigenvalue weighted by Gasteiger charge is 2.27. The van der Waals surface area contributed by atoms with Crippen molar-refractivity contribution in [2.45, 2.75) is 18.7 Å². The van der Waals surface area contributed by atoms with Crippen molar-refractivity contribution in [3.05, 3.63) is 47.5 Å². The first kappa shape index (κ1) is 24.0. The fourth-order valence-corrected chi connectivity index (χ4v) is 4.96. The van der Waals surface area contributed by atoms with Gasteiger partial charge in [-0.15, -0.1) is 0 Å². The fourth-order valence-electron chi connectivity index (χ4n) is 3.53. The molecule has 2 aromatic carbocycles. The number of morpholine rings is 1. The van der Waals surface area contributed by atoms with Crippen molar-refractivity contribution in [1.82, 2.24) is 4.31 Å². The van der Waals surface area contributed by atoms with Gasteiger partial charge in [-0.3, -0.25) is 4.79 Å². The van der Waals surface area contributed by atoms with Gasteiger partial charge < -0.3 is 24.4 Å². The predicted octanol–water partition coefficient (Wildman–Crippen LogP) is 2.17. The number of anilines is 1. The quantitative estimate of drug-likeness (QED) is 0.468. The molecular weight excluding hydrogens is 462 g/mol. The number of fused-ring (bicyclic) bond motifs is 1. The van der Waals surface area contributed by atoms with E-state index in [4.69, 9.17) is 19.0 Å². The third kappa shape index (κ3) is 5.49. The highest BCUT2D eigenvalue weighted by Crippen LogP contribution is 2.31. The highest BCUT2D eigenvalue weighted by molar-refractivity contribution is 7.89. The molecule has 0 bridgehead atoms. The lowest BCUT2D eigenvalue weighted by Gasteiger charge is -2.26. The van der Waals surface area contributed by atoms with E-state index in [2.05, 4.69) is 10.5 Å². The number of ether oxygens (including phenoxy) is 3. The minimum Gasteiger partial charge on any atom is -0.486 e. The average Bonchev–Trinajstić information content (AvgIpc) is 2.85. The van der Waals surface area contributed by atoms with E-state index in [9.17, 15) is 13.2 Å². The Morgan fingerprint density at radius 1 is 1.06 bits per heavy atom. The lowest BCUT2D eigenvalue weighted by Crippen LogP contribution is -2.40. The molecule has 2 aliphatic heterocycles. The number of benzene rings is 2. The lowest BCUT2D eigenvalue weighted by molar-refractivity contribution is -0.120. The molecule has 182 valence electrons. The van der Waals surface area contributed by atoms with Crippen LogP contribution in [-0.4, -0.2) is 70.5 Å². The number of carbonyl (C=O) groups is 1. The summed E-state index contributed by atoms with van der Waals surface area (Å²) in [5.41, 5.74) is 2.47. The summed E-state index contributed by atoms with van der Waals surface area (Å²) in [5, 5.41) is 6.71. The van der Waals surface area contributed by atoms with Crippen LogP contribution in [0.15, 0.2) is 46.4 Å². The first-order valence-electron chi connectivity index (χ1n) is 10.9. The Morgan fingerprint density at radius 2 is 1.79 bits per heavy atom. The van der Waals surface area contributed by atoms with E-state index in [1.54, 1.807) is 32.0 Å². The maximum absolute atomic E-state index is 12.9.